The van der Waals surface area contributed by atoms with E-state index in [0.29, 0.717) is 28.8 Å². The molecule has 2 N–H and O–H groups in total. The van der Waals surface area contributed by atoms with Crippen molar-refractivity contribution in [2.75, 3.05) is 18.5 Å². The second kappa shape index (κ2) is 9.20. The standard InChI is InChI=1S/C18H20N2O2S2/c1-3-10-19-18(23)20-16-15(17(21)22-4-2)12-14(24-16)11-13-8-6-5-7-9-13/h3,5-9,12H,1,4,10-11H2,2H3,(H2,19,20,23). The van der Waals surface area contributed by atoms with Crippen LogP contribution in [0.25, 0.3) is 0 Å². The van der Waals surface area contributed by atoms with Gasteiger partial charge in [-0.05, 0) is 30.8 Å². The molecule has 0 bridgehead atoms. The van der Waals surface area contributed by atoms with Gasteiger partial charge >= 0.3 is 5.97 Å². The van der Waals surface area contributed by atoms with Crippen LogP contribution in [0.5, 0.6) is 0 Å². The molecule has 0 fully saturated rings. The molecule has 2 rings (SSSR count). The van der Waals surface area contributed by atoms with Gasteiger partial charge in [0.1, 0.15) is 5.00 Å². The Labute approximate surface area is 151 Å². The summed E-state index contributed by atoms with van der Waals surface area (Å²) < 4.78 is 5.14. The summed E-state index contributed by atoms with van der Waals surface area (Å²) in [5.74, 6) is -0.345. The van der Waals surface area contributed by atoms with Crippen molar-refractivity contribution in [1.82, 2.24) is 5.32 Å². The molecule has 0 spiro atoms. The van der Waals surface area contributed by atoms with E-state index in [4.69, 9.17) is 17.0 Å². The highest BCUT2D eigenvalue weighted by molar-refractivity contribution is 7.80. The number of esters is 1. The van der Waals surface area contributed by atoms with Gasteiger partial charge in [0.2, 0.25) is 0 Å². The third-order valence-corrected chi connectivity index (χ3v) is 4.43. The van der Waals surface area contributed by atoms with Crippen LogP contribution < -0.4 is 10.6 Å². The summed E-state index contributed by atoms with van der Waals surface area (Å²) in [5.41, 5.74) is 1.70. The molecule has 0 saturated carbocycles. The number of hydrogen-bond acceptors (Lipinski definition) is 4. The molecule has 0 aliphatic rings. The molecule has 0 atom stereocenters. The molecule has 4 nitrogen and oxygen atoms in total. The van der Waals surface area contributed by atoms with Gasteiger partial charge in [0.25, 0.3) is 0 Å². The Morgan fingerprint density at radius 1 is 1.38 bits per heavy atom. The molecule has 0 aliphatic heterocycles. The molecule has 1 aromatic heterocycles. The summed E-state index contributed by atoms with van der Waals surface area (Å²) in [6, 6.07) is 12.0. The molecule has 6 heteroatoms. The highest BCUT2D eigenvalue weighted by Crippen LogP contribution is 2.30. The van der Waals surface area contributed by atoms with E-state index in [1.165, 1.54) is 16.9 Å². The van der Waals surface area contributed by atoms with Crippen molar-refractivity contribution in [1.29, 1.82) is 0 Å². The Morgan fingerprint density at radius 3 is 2.79 bits per heavy atom. The van der Waals surface area contributed by atoms with Crippen LogP contribution in [0.4, 0.5) is 5.00 Å². The summed E-state index contributed by atoms with van der Waals surface area (Å²) in [6.07, 6.45) is 2.47. The molecular weight excluding hydrogens is 340 g/mol. The number of nitrogens with one attached hydrogen (secondary N) is 2. The number of anilines is 1. The number of carbonyl (C=O) groups excluding carboxylic acids is 1. The maximum atomic E-state index is 12.2. The lowest BCUT2D eigenvalue weighted by Gasteiger charge is -2.08. The average molecular weight is 361 g/mol. The number of thiocarbonyl (C=S) groups is 1. The summed E-state index contributed by atoms with van der Waals surface area (Å²) in [6.45, 7) is 6.32. The zero-order valence-electron chi connectivity index (χ0n) is 13.5. The van der Waals surface area contributed by atoms with Crippen LogP contribution in [-0.2, 0) is 11.2 Å². The number of ether oxygens (including phenoxy) is 1. The number of rotatable bonds is 7. The second-order valence-electron chi connectivity index (χ2n) is 4.96. The molecule has 0 unspecified atom stereocenters. The van der Waals surface area contributed by atoms with Gasteiger partial charge in [-0.1, -0.05) is 36.4 Å². The zero-order valence-corrected chi connectivity index (χ0v) is 15.1. The van der Waals surface area contributed by atoms with Gasteiger partial charge in [-0.15, -0.1) is 17.9 Å². The van der Waals surface area contributed by atoms with Crippen molar-refractivity contribution in [3.63, 3.8) is 0 Å². The van der Waals surface area contributed by atoms with Crippen molar-refractivity contribution in [3.05, 3.63) is 65.1 Å². The first-order valence-corrected chi connectivity index (χ1v) is 8.86. The third-order valence-electron chi connectivity index (χ3n) is 3.13. The normalized spacial score (nSPS) is 10.0. The molecule has 24 heavy (non-hydrogen) atoms. The van der Waals surface area contributed by atoms with Crippen molar-refractivity contribution < 1.29 is 9.53 Å². The summed E-state index contributed by atoms with van der Waals surface area (Å²) in [4.78, 5) is 13.3. The topological polar surface area (TPSA) is 50.4 Å². The Morgan fingerprint density at radius 2 is 2.12 bits per heavy atom. The Balaban J connectivity index is 2.20. The van der Waals surface area contributed by atoms with Crippen LogP contribution in [0, 0.1) is 0 Å². The van der Waals surface area contributed by atoms with Crippen LogP contribution >= 0.6 is 23.6 Å². The van der Waals surface area contributed by atoms with E-state index in [2.05, 4.69) is 29.3 Å². The van der Waals surface area contributed by atoms with Gasteiger partial charge in [0.05, 0.1) is 12.2 Å². The van der Waals surface area contributed by atoms with Gasteiger partial charge < -0.3 is 15.4 Å². The van der Waals surface area contributed by atoms with Gasteiger partial charge in [0.15, 0.2) is 5.11 Å². The van der Waals surface area contributed by atoms with Crippen LogP contribution in [0.2, 0.25) is 0 Å². The van der Waals surface area contributed by atoms with Gasteiger partial charge in [-0.2, -0.15) is 0 Å². The van der Waals surface area contributed by atoms with E-state index in [1.807, 2.05) is 24.3 Å². The highest BCUT2D eigenvalue weighted by Gasteiger charge is 2.18. The summed E-state index contributed by atoms with van der Waals surface area (Å²) in [5, 5.41) is 7.22. The lowest BCUT2D eigenvalue weighted by molar-refractivity contribution is 0.0528. The van der Waals surface area contributed by atoms with Crippen LogP contribution in [-0.4, -0.2) is 24.2 Å². The molecule has 0 saturated heterocycles. The molecule has 2 aromatic rings. The highest BCUT2D eigenvalue weighted by atomic mass is 32.1. The van der Waals surface area contributed by atoms with E-state index in [1.54, 1.807) is 13.0 Å². The molecule has 0 radical (unpaired) electrons. The molecule has 1 aromatic carbocycles. The van der Waals surface area contributed by atoms with E-state index in [-0.39, 0.29) is 5.97 Å². The third kappa shape index (κ3) is 5.18. The van der Waals surface area contributed by atoms with Crippen molar-refractivity contribution in [2.24, 2.45) is 0 Å². The first-order chi connectivity index (χ1) is 11.6. The predicted octanol–water partition coefficient (Wildman–Crippen LogP) is 3.99. The molecule has 0 aliphatic carbocycles. The Bertz CT molecular complexity index is 711. The fourth-order valence-corrected chi connectivity index (χ4v) is 3.42. The fraction of sp³-hybridized carbons (Fsp3) is 0.222. The van der Waals surface area contributed by atoms with Crippen molar-refractivity contribution in [2.45, 2.75) is 13.3 Å². The average Bonchev–Trinajstić information content (AvgIpc) is 2.96. The zero-order chi connectivity index (χ0) is 17.4. The van der Waals surface area contributed by atoms with E-state index in [0.717, 1.165) is 11.3 Å². The van der Waals surface area contributed by atoms with E-state index in [9.17, 15) is 4.79 Å². The number of carbonyl (C=O) groups is 1. The molecular formula is C18H20N2O2S2. The fourth-order valence-electron chi connectivity index (χ4n) is 2.09. The quantitative estimate of drug-likeness (QED) is 0.444. The van der Waals surface area contributed by atoms with Crippen LogP contribution in [0.3, 0.4) is 0 Å². The van der Waals surface area contributed by atoms with Gasteiger partial charge in [-0.3, -0.25) is 0 Å². The Kier molecular flexibility index (Phi) is 6.96. The smallest absolute Gasteiger partial charge is 0.341 e. The lowest BCUT2D eigenvalue weighted by atomic mass is 10.1. The molecule has 0 amide bonds. The summed E-state index contributed by atoms with van der Waals surface area (Å²) >= 11 is 6.74. The number of hydrogen-bond donors (Lipinski definition) is 2. The van der Waals surface area contributed by atoms with Gasteiger partial charge in [-0.25, -0.2) is 4.79 Å². The number of thiophene rings is 1. The van der Waals surface area contributed by atoms with E-state index < -0.39 is 0 Å². The maximum Gasteiger partial charge on any atom is 0.341 e. The first kappa shape index (κ1) is 18.2. The van der Waals surface area contributed by atoms with E-state index >= 15 is 0 Å². The van der Waals surface area contributed by atoms with Crippen LogP contribution in [0.1, 0.15) is 27.7 Å². The molecule has 1 heterocycles. The Hall–Kier alpha value is -2.18. The van der Waals surface area contributed by atoms with Crippen LogP contribution in [0.15, 0.2) is 49.1 Å². The van der Waals surface area contributed by atoms with Crippen molar-refractivity contribution >= 4 is 39.6 Å². The lowest BCUT2D eigenvalue weighted by Crippen LogP contribution is -2.28. The maximum absolute atomic E-state index is 12.2. The predicted molar refractivity (Wildman–Crippen MR) is 104 cm³/mol. The minimum atomic E-state index is -0.345. The van der Waals surface area contributed by atoms with Crippen molar-refractivity contribution in [3.8, 4) is 0 Å². The second-order valence-corrected chi connectivity index (χ2v) is 6.51. The minimum absolute atomic E-state index is 0.335. The molecule has 126 valence electrons. The monoisotopic (exact) mass is 360 g/mol. The SMILES string of the molecule is C=CCNC(=S)Nc1sc(Cc2ccccc2)cc1C(=O)OCC. The van der Waals surface area contributed by atoms with Gasteiger partial charge in [0, 0.05) is 17.8 Å². The summed E-state index contributed by atoms with van der Waals surface area (Å²) in [7, 11) is 0. The number of benzene rings is 1. The largest absolute Gasteiger partial charge is 0.462 e. The first-order valence-electron chi connectivity index (χ1n) is 7.63. The minimum Gasteiger partial charge on any atom is -0.462 e.